The molecule has 1 aromatic carbocycles. The van der Waals surface area contributed by atoms with E-state index in [1.54, 1.807) is 0 Å². The average molecular weight is 273 g/mol. The zero-order valence-corrected chi connectivity index (χ0v) is 11.0. The summed E-state index contributed by atoms with van der Waals surface area (Å²) in [5.74, 6) is -1.01. The summed E-state index contributed by atoms with van der Waals surface area (Å²) in [4.78, 5) is 36.5. The topological polar surface area (TPSA) is 74.7 Å². The number of carbonyl (C=O) groups excluding carboxylic acids is 2. The smallest absolute Gasteiger partial charge is 0.335 e. The van der Waals surface area contributed by atoms with Gasteiger partial charge in [-0.1, -0.05) is 12.8 Å². The summed E-state index contributed by atoms with van der Waals surface area (Å²) in [6.07, 6.45) is 4.38. The third-order valence-corrected chi connectivity index (χ3v) is 3.91. The molecule has 5 heteroatoms. The lowest BCUT2D eigenvalue weighted by Gasteiger charge is -2.13. The van der Waals surface area contributed by atoms with Crippen LogP contribution in [0.25, 0.3) is 0 Å². The van der Waals surface area contributed by atoms with E-state index in [1.807, 2.05) is 0 Å². The molecule has 104 valence electrons. The molecule has 0 radical (unpaired) electrons. The standard InChI is InChI=1S/C15H15NO4/c17-13-11-6-5-10(15(19)20)8-12(11)14(18)16(13)7-1-2-9-3-4-9/h5-6,8-9H,1-4,7H2,(H,19,20). The molecule has 3 rings (SSSR count). The van der Waals surface area contributed by atoms with Crippen molar-refractivity contribution in [3.8, 4) is 0 Å². The highest BCUT2D eigenvalue weighted by molar-refractivity contribution is 6.21. The lowest BCUT2D eigenvalue weighted by Crippen LogP contribution is -2.30. The predicted octanol–water partition coefficient (Wildman–Crippen LogP) is 2.17. The summed E-state index contributed by atoms with van der Waals surface area (Å²) >= 11 is 0. The van der Waals surface area contributed by atoms with Gasteiger partial charge in [-0.2, -0.15) is 0 Å². The van der Waals surface area contributed by atoms with Crippen molar-refractivity contribution in [2.24, 2.45) is 5.92 Å². The Morgan fingerprint density at radius 3 is 2.55 bits per heavy atom. The first-order valence-corrected chi connectivity index (χ1v) is 6.81. The molecule has 1 aliphatic heterocycles. The van der Waals surface area contributed by atoms with Crippen molar-refractivity contribution in [2.45, 2.75) is 25.7 Å². The fourth-order valence-electron chi connectivity index (χ4n) is 2.57. The van der Waals surface area contributed by atoms with Crippen LogP contribution in [0.5, 0.6) is 0 Å². The molecule has 1 N–H and O–H groups in total. The Morgan fingerprint density at radius 1 is 1.20 bits per heavy atom. The molecule has 0 atom stereocenters. The summed E-state index contributed by atoms with van der Waals surface area (Å²) in [6, 6.07) is 4.08. The number of rotatable bonds is 5. The third kappa shape index (κ3) is 2.19. The Morgan fingerprint density at radius 2 is 1.90 bits per heavy atom. The van der Waals surface area contributed by atoms with Crippen LogP contribution in [0.2, 0.25) is 0 Å². The second-order valence-electron chi connectivity index (χ2n) is 5.41. The first-order chi connectivity index (χ1) is 9.58. The molecule has 1 saturated carbocycles. The number of carboxylic acids is 1. The Labute approximate surface area is 116 Å². The molecule has 1 heterocycles. The normalized spacial score (nSPS) is 17.5. The van der Waals surface area contributed by atoms with Crippen LogP contribution in [0.3, 0.4) is 0 Å². The van der Waals surface area contributed by atoms with E-state index in [0.717, 1.165) is 18.8 Å². The van der Waals surface area contributed by atoms with Gasteiger partial charge in [0.25, 0.3) is 11.8 Å². The fraction of sp³-hybridized carbons (Fsp3) is 0.400. The van der Waals surface area contributed by atoms with E-state index < -0.39 is 5.97 Å². The Bertz CT molecular complexity index is 604. The van der Waals surface area contributed by atoms with Crippen LogP contribution in [0.15, 0.2) is 18.2 Å². The number of imide groups is 1. The minimum absolute atomic E-state index is 0.0322. The van der Waals surface area contributed by atoms with Gasteiger partial charge in [0, 0.05) is 6.54 Å². The zero-order valence-electron chi connectivity index (χ0n) is 11.0. The maximum Gasteiger partial charge on any atom is 0.335 e. The average Bonchev–Trinajstić information content (AvgIpc) is 3.22. The molecule has 0 aromatic heterocycles. The van der Waals surface area contributed by atoms with Gasteiger partial charge in [-0.05, 0) is 37.0 Å². The first kappa shape index (κ1) is 12.8. The summed E-state index contributed by atoms with van der Waals surface area (Å²) < 4.78 is 0. The van der Waals surface area contributed by atoms with Crippen LogP contribution in [-0.2, 0) is 0 Å². The van der Waals surface area contributed by atoms with Crippen molar-refractivity contribution in [2.75, 3.05) is 6.54 Å². The second kappa shape index (κ2) is 4.74. The largest absolute Gasteiger partial charge is 0.478 e. The fourth-order valence-corrected chi connectivity index (χ4v) is 2.57. The van der Waals surface area contributed by atoms with E-state index in [2.05, 4.69) is 0 Å². The molecule has 0 unspecified atom stereocenters. The zero-order chi connectivity index (χ0) is 14.3. The van der Waals surface area contributed by atoms with Gasteiger partial charge >= 0.3 is 5.97 Å². The van der Waals surface area contributed by atoms with E-state index in [0.29, 0.717) is 12.1 Å². The monoisotopic (exact) mass is 273 g/mol. The highest BCUT2D eigenvalue weighted by atomic mass is 16.4. The maximum atomic E-state index is 12.2. The van der Waals surface area contributed by atoms with Crippen molar-refractivity contribution in [1.29, 1.82) is 0 Å². The van der Waals surface area contributed by atoms with Crippen molar-refractivity contribution >= 4 is 17.8 Å². The van der Waals surface area contributed by atoms with Crippen molar-refractivity contribution in [1.82, 2.24) is 4.90 Å². The van der Waals surface area contributed by atoms with Crippen LogP contribution < -0.4 is 0 Å². The van der Waals surface area contributed by atoms with Crippen LogP contribution in [0.4, 0.5) is 0 Å². The Balaban J connectivity index is 1.77. The molecule has 1 aliphatic carbocycles. The third-order valence-electron chi connectivity index (χ3n) is 3.91. The van der Waals surface area contributed by atoms with E-state index in [4.69, 9.17) is 5.11 Å². The predicted molar refractivity (Wildman–Crippen MR) is 70.7 cm³/mol. The van der Waals surface area contributed by atoms with Crippen LogP contribution >= 0.6 is 0 Å². The SMILES string of the molecule is O=C(O)c1ccc2c(c1)C(=O)N(CCCC1CC1)C2=O. The number of carbonyl (C=O) groups is 3. The second-order valence-corrected chi connectivity index (χ2v) is 5.41. The molecule has 0 saturated heterocycles. The van der Waals surface area contributed by atoms with Gasteiger partial charge in [0.15, 0.2) is 0 Å². The summed E-state index contributed by atoms with van der Waals surface area (Å²) in [5.41, 5.74) is 0.553. The molecule has 5 nitrogen and oxygen atoms in total. The van der Waals surface area contributed by atoms with Gasteiger partial charge < -0.3 is 5.11 Å². The molecule has 2 amide bonds. The van der Waals surface area contributed by atoms with E-state index in [9.17, 15) is 14.4 Å². The molecule has 1 aromatic rings. The molecular formula is C15H15NO4. The number of aromatic carboxylic acids is 1. The molecule has 0 spiro atoms. The quantitative estimate of drug-likeness (QED) is 0.834. The minimum Gasteiger partial charge on any atom is -0.478 e. The van der Waals surface area contributed by atoms with Gasteiger partial charge in [0.1, 0.15) is 0 Å². The van der Waals surface area contributed by atoms with Crippen molar-refractivity contribution in [3.05, 3.63) is 34.9 Å². The molecule has 20 heavy (non-hydrogen) atoms. The molecule has 0 bridgehead atoms. The van der Waals surface area contributed by atoms with Crippen LogP contribution in [0, 0.1) is 5.92 Å². The maximum absolute atomic E-state index is 12.2. The summed E-state index contributed by atoms with van der Waals surface area (Å²) in [7, 11) is 0. The molecule has 2 aliphatic rings. The number of amides is 2. The number of hydrogen-bond donors (Lipinski definition) is 1. The molecule has 1 fully saturated rings. The van der Waals surface area contributed by atoms with Gasteiger partial charge in [-0.15, -0.1) is 0 Å². The van der Waals surface area contributed by atoms with Crippen LogP contribution in [-0.4, -0.2) is 34.3 Å². The number of carboxylic acid groups (broad SMARTS) is 1. The number of fused-ring (bicyclic) bond motifs is 1. The summed E-state index contributed by atoms with van der Waals surface area (Å²) in [5, 5.41) is 8.93. The van der Waals surface area contributed by atoms with E-state index in [1.165, 1.54) is 35.9 Å². The lowest BCUT2D eigenvalue weighted by molar-refractivity contribution is 0.0649. The first-order valence-electron chi connectivity index (χ1n) is 6.81. The minimum atomic E-state index is -1.10. The van der Waals surface area contributed by atoms with Gasteiger partial charge in [0.05, 0.1) is 16.7 Å². The number of nitrogens with zero attached hydrogens (tertiary/aromatic N) is 1. The van der Waals surface area contributed by atoms with Gasteiger partial charge in [-0.25, -0.2) is 4.79 Å². The highest BCUT2D eigenvalue weighted by Crippen LogP contribution is 2.34. The van der Waals surface area contributed by atoms with Gasteiger partial charge in [0.2, 0.25) is 0 Å². The summed E-state index contributed by atoms with van der Waals surface area (Å²) in [6.45, 7) is 0.422. The van der Waals surface area contributed by atoms with Crippen LogP contribution in [0.1, 0.15) is 56.8 Å². The Hall–Kier alpha value is -2.17. The highest BCUT2D eigenvalue weighted by Gasteiger charge is 2.35. The lowest BCUT2D eigenvalue weighted by atomic mass is 10.1. The Kier molecular flexibility index (Phi) is 3.04. The van der Waals surface area contributed by atoms with Crippen molar-refractivity contribution in [3.63, 3.8) is 0 Å². The van der Waals surface area contributed by atoms with Crippen molar-refractivity contribution < 1.29 is 19.5 Å². The molecular weight excluding hydrogens is 258 g/mol. The van der Waals surface area contributed by atoms with E-state index in [-0.39, 0.29) is 22.9 Å². The number of hydrogen-bond acceptors (Lipinski definition) is 3. The van der Waals surface area contributed by atoms with E-state index >= 15 is 0 Å². The van der Waals surface area contributed by atoms with Gasteiger partial charge in [-0.3, -0.25) is 14.5 Å². The number of benzene rings is 1.